The maximum absolute atomic E-state index is 11.4. The van der Waals surface area contributed by atoms with E-state index in [9.17, 15) is 4.79 Å². The summed E-state index contributed by atoms with van der Waals surface area (Å²) in [6.45, 7) is 4.51. The van der Waals surface area contributed by atoms with E-state index in [0.717, 1.165) is 30.9 Å². The number of nitrogens with one attached hydrogen (secondary N) is 1. The van der Waals surface area contributed by atoms with E-state index in [0.29, 0.717) is 5.92 Å². The first-order chi connectivity index (χ1) is 7.29. The molecule has 0 radical (unpaired) electrons. The van der Waals surface area contributed by atoms with Gasteiger partial charge in [0.05, 0.1) is 7.11 Å². The van der Waals surface area contributed by atoms with Crippen LogP contribution in [0.3, 0.4) is 0 Å². The van der Waals surface area contributed by atoms with E-state index in [1.165, 1.54) is 7.11 Å². The zero-order valence-electron chi connectivity index (χ0n) is 9.20. The van der Waals surface area contributed by atoms with Crippen LogP contribution in [0.1, 0.15) is 12.8 Å². The summed E-state index contributed by atoms with van der Waals surface area (Å²) in [6, 6.07) is -0.0840. The minimum Gasteiger partial charge on any atom is -0.468 e. The van der Waals surface area contributed by atoms with Crippen LogP contribution in [0.2, 0.25) is 0 Å². The van der Waals surface area contributed by atoms with Crippen molar-refractivity contribution in [2.75, 3.05) is 25.2 Å². The van der Waals surface area contributed by atoms with E-state index in [2.05, 4.69) is 11.9 Å². The highest BCUT2D eigenvalue weighted by Crippen LogP contribution is 2.33. The van der Waals surface area contributed by atoms with Crippen molar-refractivity contribution in [1.82, 2.24) is 5.32 Å². The van der Waals surface area contributed by atoms with Gasteiger partial charge in [0.2, 0.25) is 0 Å². The van der Waals surface area contributed by atoms with Gasteiger partial charge < -0.3 is 10.1 Å². The second-order valence-electron chi connectivity index (χ2n) is 3.66. The van der Waals surface area contributed by atoms with Crippen molar-refractivity contribution in [3.8, 4) is 0 Å². The quantitative estimate of drug-likeness (QED) is 0.388. The summed E-state index contributed by atoms with van der Waals surface area (Å²) in [6.07, 6.45) is 4.18. The normalized spacial score (nSPS) is 17.1. The zero-order chi connectivity index (χ0) is 11.1. The molecule has 1 atom stereocenters. The van der Waals surface area contributed by atoms with E-state index in [1.54, 1.807) is 0 Å². The molecule has 0 aromatic heterocycles. The number of ether oxygens (including phenoxy) is 1. The third kappa shape index (κ3) is 4.71. The Morgan fingerprint density at radius 1 is 1.73 bits per heavy atom. The highest BCUT2D eigenvalue weighted by Gasteiger charge is 2.36. The van der Waals surface area contributed by atoms with Crippen LogP contribution >= 0.6 is 11.8 Å². The summed E-state index contributed by atoms with van der Waals surface area (Å²) in [5, 5.41) is 3.26. The lowest BCUT2D eigenvalue weighted by molar-refractivity contribution is -0.143. The fraction of sp³-hybridized carbons (Fsp3) is 0.727. The molecular formula is C11H19NO2S. The first-order valence-electron chi connectivity index (χ1n) is 5.29. The van der Waals surface area contributed by atoms with Gasteiger partial charge in [-0.2, -0.15) is 11.8 Å². The minimum atomic E-state index is -0.119. The molecule has 86 valence electrons. The van der Waals surface area contributed by atoms with E-state index in [4.69, 9.17) is 4.74 Å². The standard InChI is InChI=1S/C11H19NO2S/c1-3-7-15-8-6-12-10(9-4-5-9)11(13)14-2/h3,9-10,12H,1,4-8H2,2H3. The second-order valence-corrected chi connectivity index (χ2v) is 4.81. The second kappa shape index (κ2) is 6.90. The molecule has 0 amide bonds. The van der Waals surface area contributed by atoms with Crippen LogP contribution in [0.15, 0.2) is 12.7 Å². The number of hydrogen-bond acceptors (Lipinski definition) is 4. The first kappa shape index (κ1) is 12.6. The van der Waals surface area contributed by atoms with Crippen molar-refractivity contribution in [2.45, 2.75) is 18.9 Å². The number of methoxy groups -OCH3 is 1. The molecule has 1 fully saturated rings. The van der Waals surface area contributed by atoms with E-state index in [1.807, 2.05) is 17.8 Å². The maximum Gasteiger partial charge on any atom is 0.323 e. The van der Waals surface area contributed by atoms with Crippen molar-refractivity contribution in [2.24, 2.45) is 5.92 Å². The van der Waals surface area contributed by atoms with Crippen LogP contribution in [-0.2, 0) is 9.53 Å². The predicted molar refractivity (Wildman–Crippen MR) is 64.1 cm³/mol. The molecule has 4 heteroatoms. The van der Waals surface area contributed by atoms with Gasteiger partial charge in [-0.15, -0.1) is 6.58 Å². The Morgan fingerprint density at radius 2 is 2.47 bits per heavy atom. The number of hydrogen-bond donors (Lipinski definition) is 1. The van der Waals surface area contributed by atoms with Gasteiger partial charge in [-0.25, -0.2) is 0 Å². The lowest BCUT2D eigenvalue weighted by atomic mass is 10.2. The lowest BCUT2D eigenvalue weighted by Crippen LogP contribution is -2.40. The van der Waals surface area contributed by atoms with Crippen LogP contribution in [0, 0.1) is 5.92 Å². The zero-order valence-corrected chi connectivity index (χ0v) is 10.0. The number of carbonyl (C=O) groups is 1. The van der Waals surface area contributed by atoms with Gasteiger partial charge >= 0.3 is 5.97 Å². The monoisotopic (exact) mass is 229 g/mol. The summed E-state index contributed by atoms with van der Waals surface area (Å²) in [7, 11) is 1.45. The van der Waals surface area contributed by atoms with Crippen LogP contribution in [0.25, 0.3) is 0 Å². The fourth-order valence-corrected chi connectivity index (χ4v) is 2.05. The van der Waals surface area contributed by atoms with Crippen LogP contribution < -0.4 is 5.32 Å². The Balaban J connectivity index is 2.14. The van der Waals surface area contributed by atoms with Gasteiger partial charge in [0.1, 0.15) is 6.04 Å². The maximum atomic E-state index is 11.4. The molecule has 0 aromatic rings. The summed E-state index contributed by atoms with van der Waals surface area (Å²) in [5.41, 5.74) is 0. The Hall–Kier alpha value is -0.480. The number of thioether (sulfide) groups is 1. The fourth-order valence-electron chi connectivity index (χ4n) is 1.45. The SMILES string of the molecule is C=CCSCCNC(C(=O)OC)C1CC1. The summed E-state index contributed by atoms with van der Waals surface area (Å²) < 4.78 is 4.77. The van der Waals surface area contributed by atoms with Crippen molar-refractivity contribution in [3.05, 3.63) is 12.7 Å². The molecule has 1 aliphatic carbocycles. The average molecular weight is 229 g/mol. The molecule has 1 aliphatic rings. The van der Waals surface area contributed by atoms with Crippen molar-refractivity contribution < 1.29 is 9.53 Å². The Kier molecular flexibility index (Phi) is 5.79. The topological polar surface area (TPSA) is 38.3 Å². The molecule has 0 aliphatic heterocycles. The molecule has 1 rings (SSSR count). The van der Waals surface area contributed by atoms with Gasteiger partial charge in [0.15, 0.2) is 0 Å². The van der Waals surface area contributed by atoms with Gasteiger partial charge in [-0.05, 0) is 18.8 Å². The third-order valence-corrected chi connectivity index (χ3v) is 3.36. The molecular weight excluding hydrogens is 210 g/mol. The molecule has 0 saturated heterocycles. The molecule has 1 unspecified atom stereocenters. The highest BCUT2D eigenvalue weighted by atomic mass is 32.2. The van der Waals surface area contributed by atoms with Gasteiger partial charge in [-0.1, -0.05) is 6.08 Å². The molecule has 0 bridgehead atoms. The van der Waals surface area contributed by atoms with Gasteiger partial charge in [0, 0.05) is 18.1 Å². The Morgan fingerprint density at radius 3 is 3.00 bits per heavy atom. The average Bonchev–Trinajstić information content (AvgIpc) is 3.06. The van der Waals surface area contributed by atoms with Crippen LogP contribution in [0.4, 0.5) is 0 Å². The molecule has 15 heavy (non-hydrogen) atoms. The van der Waals surface area contributed by atoms with E-state index < -0.39 is 0 Å². The van der Waals surface area contributed by atoms with Crippen LogP contribution in [0.5, 0.6) is 0 Å². The van der Waals surface area contributed by atoms with Crippen LogP contribution in [-0.4, -0.2) is 37.2 Å². The number of carbonyl (C=O) groups excluding carboxylic acids is 1. The number of rotatable bonds is 8. The molecule has 1 saturated carbocycles. The summed E-state index contributed by atoms with van der Waals surface area (Å²) in [4.78, 5) is 11.4. The van der Waals surface area contributed by atoms with Gasteiger partial charge in [0.25, 0.3) is 0 Å². The number of esters is 1. The molecule has 1 N–H and O–H groups in total. The lowest BCUT2D eigenvalue weighted by Gasteiger charge is -2.15. The van der Waals surface area contributed by atoms with Gasteiger partial charge in [-0.3, -0.25) is 4.79 Å². The molecule has 0 aromatic carbocycles. The first-order valence-corrected chi connectivity index (χ1v) is 6.45. The van der Waals surface area contributed by atoms with E-state index >= 15 is 0 Å². The Labute approximate surface area is 95.6 Å². The molecule has 3 nitrogen and oxygen atoms in total. The van der Waals surface area contributed by atoms with Crippen molar-refractivity contribution >= 4 is 17.7 Å². The predicted octanol–water partition coefficient (Wildman–Crippen LogP) is 1.45. The highest BCUT2D eigenvalue weighted by molar-refractivity contribution is 7.99. The smallest absolute Gasteiger partial charge is 0.323 e. The van der Waals surface area contributed by atoms with Crippen molar-refractivity contribution in [3.63, 3.8) is 0 Å². The molecule has 0 heterocycles. The Bertz CT molecular complexity index is 217. The van der Waals surface area contributed by atoms with E-state index in [-0.39, 0.29) is 12.0 Å². The van der Waals surface area contributed by atoms with Crippen molar-refractivity contribution in [1.29, 1.82) is 0 Å². The largest absolute Gasteiger partial charge is 0.468 e. The summed E-state index contributed by atoms with van der Waals surface area (Å²) in [5.74, 6) is 2.35. The summed E-state index contributed by atoms with van der Waals surface area (Å²) >= 11 is 1.81. The third-order valence-electron chi connectivity index (χ3n) is 2.39. The molecule has 0 spiro atoms. The minimum absolute atomic E-state index is 0.0840.